The summed E-state index contributed by atoms with van der Waals surface area (Å²) in [4.78, 5) is 25.2. The van der Waals surface area contributed by atoms with Crippen molar-refractivity contribution in [1.29, 1.82) is 0 Å². The van der Waals surface area contributed by atoms with Gasteiger partial charge in [-0.3, -0.25) is 9.59 Å². The molecule has 0 atom stereocenters. The van der Waals surface area contributed by atoms with Crippen LogP contribution >= 0.6 is 0 Å². The zero-order valence-electron chi connectivity index (χ0n) is 16.1. The molecule has 4 heteroatoms. The van der Waals surface area contributed by atoms with Gasteiger partial charge in [-0.1, -0.05) is 49.8 Å². The highest BCUT2D eigenvalue weighted by Crippen LogP contribution is 2.50. The first-order valence-electron chi connectivity index (χ1n) is 8.91. The minimum atomic E-state index is -1.30. The molecule has 0 unspecified atom stereocenters. The Morgan fingerprint density at radius 3 is 2.19 bits per heavy atom. The Morgan fingerprint density at radius 1 is 0.962 bits per heavy atom. The average Bonchev–Trinajstić information content (AvgIpc) is 2.74. The van der Waals surface area contributed by atoms with E-state index in [9.17, 15) is 9.59 Å². The Kier molecular flexibility index (Phi) is 4.55. The summed E-state index contributed by atoms with van der Waals surface area (Å²) in [5, 5.41) is 0. The van der Waals surface area contributed by atoms with Gasteiger partial charge in [0.1, 0.15) is 0 Å². The molecular formula is C22H26O4. The number of allylic oxidation sites excluding steroid dienone is 3. The molecule has 2 aliphatic carbocycles. The van der Waals surface area contributed by atoms with E-state index in [1.54, 1.807) is 0 Å². The second kappa shape index (κ2) is 6.42. The third kappa shape index (κ3) is 2.77. The molecule has 0 fully saturated rings. The summed E-state index contributed by atoms with van der Waals surface area (Å²) in [6.07, 6.45) is 3.65. The van der Waals surface area contributed by atoms with Crippen molar-refractivity contribution in [3.8, 4) is 0 Å². The van der Waals surface area contributed by atoms with Crippen molar-refractivity contribution < 1.29 is 19.1 Å². The molecule has 0 spiro atoms. The first kappa shape index (κ1) is 18.4. The molecule has 138 valence electrons. The Labute approximate surface area is 154 Å². The fourth-order valence-corrected chi connectivity index (χ4v) is 4.46. The van der Waals surface area contributed by atoms with Crippen LogP contribution in [0.2, 0.25) is 0 Å². The van der Waals surface area contributed by atoms with E-state index in [-0.39, 0.29) is 5.41 Å². The number of methoxy groups -OCH3 is 2. The van der Waals surface area contributed by atoms with Gasteiger partial charge in [0.15, 0.2) is 5.41 Å². The average molecular weight is 354 g/mol. The predicted octanol–water partition coefficient (Wildman–Crippen LogP) is 4.19. The van der Waals surface area contributed by atoms with Gasteiger partial charge in [0.25, 0.3) is 0 Å². The monoisotopic (exact) mass is 354 g/mol. The minimum Gasteiger partial charge on any atom is -0.468 e. The van der Waals surface area contributed by atoms with Crippen LogP contribution < -0.4 is 0 Å². The van der Waals surface area contributed by atoms with E-state index in [1.165, 1.54) is 25.4 Å². The summed E-state index contributed by atoms with van der Waals surface area (Å²) in [5.74, 6) is -1.05. The SMILES string of the molecule is COC(=O)C1(C(=O)OC)CC2=Cc3ccccc3C(C)(C)CC2=C(C)C1. The van der Waals surface area contributed by atoms with Crippen molar-refractivity contribution in [2.24, 2.45) is 5.41 Å². The molecule has 0 amide bonds. The third-order valence-corrected chi connectivity index (χ3v) is 5.75. The van der Waals surface area contributed by atoms with Crippen LogP contribution in [-0.2, 0) is 24.5 Å². The first-order valence-corrected chi connectivity index (χ1v) is 8.91. The van der Waals surface area contributed by atoms with Crippen molar-refractivity contribution >= 4 is 18.0 Å². The molecular weight excluding hydrogens is 328 g/mol. The molecule has 0 radical (unpaired) electrons. The second-order valence-electron chi connectivity index (χ2n) is 8.00. The molecule has 0 aliphatic heterocycles. The normalized spacial score (nSPS) is 20.3. The van der Waals surface area contributed by atoms with E-state index in [2.05, 4.69) is 38.1 Å². The number of hydrogen-bond acceptors (Lipinski definition) is 4. The van der Waals surface area contributed by atoms with Crippen LogP contribution in [0.4, 0.5) is 0 Å². The van der Waals surface area contributed by atoms with Crippen molar-refractivity contribution in [2.45, 2.75) is 45.4 Å². The number of rotatable bonds is 2. The van der Waals surface area contributed by atoms with Gasteiger partial charge in [0.05, 0.1) is 14.2 Å². The summed E-state index contributed by atoms with van der Waals surface area (Å²) in [6, 6.07) is 8.33. The summed E-state index contributed by atoms with van der Waals surface area (Å²) in [6.45, 7) is 6.49. The van der Waals surface area contributed by atoms with Crippen LogP contribution in [0.1, 0.15) is 51.2 Å². The molecule has 0 heterocycles. The molecule has 0 aromatic heterocycles. The molecule has 0 saturated carbocycles. The van der Waals surface area contributed by atoms with Crippen LogP contribution in [-0.4, -0.2) is 26.2 Å². The Morgan fingerprint density at radius 2 is 1.58 bits per heavy atom. The fraction of sp³-hybridized carbons (Fsp3) is 0.455. The van der Waals surface area contributed by atoms with Gasteiger partial charge in [-0.05, 0) is 53.9 Å². The van der Waals surface area contributed by atoms with Gasteiger partial charge >= 0.3 is 11.9 Å². The Bertz CT molecular complexity index is 810. The maximum absolute atomic E-state index is 12.6. The molecule has 26 heavy (non-hydrogen) atoms. The van der Waals surface area contributed by atoms with Gasteiger partial charge in [0.2, 0.25) is 0 Å². The highest BCUT2D eigenvalue weighted by molar-refractivity contribution is 6.01. The Balaban J connectivity index is 2.20. The first-order chi connectivity index (χ1) is 12.2. The standard InChI is InChI=1S/C22H26O4/c1-14-11-22(19(23)25-4,20(24)26-5)12-16-10-15-8-6-7-9-18(15)21(2,3)13-17(14)16/h6-10H,11-13H2,1-5H3. The van der Waals surface area contributed by atoms with Gasteiger partial charge in [-0.2, -0.15) is 0 Å². The fourth-order valence-electron chi connectivity index (χ4n) is 4.46. The summed E-state index contributed by atoms with van der Waals surface area (Å²) in [5.41, 5.74) is 4.43. The number of benzene rings is 1. The van der Waals surface area contributed by atoms with Gasteiger partial charge < -0.3 is 9.47 Å². The van der Waals surface area contributed by atoms with E-state index >= 15 is 0 Å². The topological polar surface area (TPSA) is 52.6 Å². The van der Waals surface area contributed by atoms with E-state index in [0.717, 1.165) is 23.1 Å². The van der Waals surface area contributed by atoms with E-state index in [1.807, 2.05) is 13.0 Å². The summed E-state index contributed by atoms with van der Waals surface area (Å²) >= 11 is 0. The predicted molar refractivity (Wildman–Crippen MR) is 100 cm³/mol. The van der Waals surface area contributed by atoms with Gasteiger partial charge in [-0.25, -0.2) is 0 Å². The van der Waals surface area contributed by atoms with E-state index < -0.39 is 17.4 Å². The van der Waals surface area contributed by atoms with Crippen LogP contribution in [0.3, 0.4) is 0 Å². The molecule has 0 N–H and O–H groups in total. The molecule has 4 nitrogen and oxygen atoms in total. The maximum atomic E-state index is 12.6. The number of ether oxygens (including phenoxy) is 2. The zero-order chi connectivity index (χ0) is 19.1. The van der Waals surface area contributed by atoms with Crippen molar-refractivity contribution in [1.82, 2.24) is 0 Å². The van der Waals surface area contributed by atoms with Crippen molar-refractivity contribution in [2.75, 3.05) is 14.2 Å². The quantitative estimate of drug-likeness (QED) is 0.590. The minimum absolute atomic E-state index is 0.0258. The zero-order valence-corrected chi connectivity index (χ0v) is 16.1. The lowest BCUT2D eigenvalue weighted by molar-refractivity contribution is -0.169. The van der Waals surface area contributed by atoms with Crippen LogP contribution in [0.15, 0.2) is 41.0 Å². The highest BCUT2D eigenvalue weighted by Gasteiger charge is 2.52. The van der Waals surface area contributed by atoms with E-state index in [0.29, 0.717) is 12.8 Å². The number of carbonyl (C=O) groups is 2. The second-order valence-corrected chi connectivity index (χ2v) is 8.00. The van der Waals surface area contributed by atoms with Gasteiger partial charge in [0, 0.05) is 0 Å². The summed E-state index contributed by atoms with van der Waals surface area (Å²) in [7, 11) is 2.64. The van der Waals surface area contributed by atoms with Crippen molar-refractivity contribution in [3.63, 3.8) is 0 Å². The van der Waals surface area contributed by atoms with Crippen LogP contribution in [0.5, 0.6) is 0 Å². The molecule has 1 aromatic carbocycles. The summed E-state index contributed by atoms with van der Waals surface area (Å²) < 4.78 is 9.99. The lowest BCUT2D eigenvalue weighted by Gasteiger charge is -2.36. The third-order valence-electron chi connectivity index (χ3n) is 5.75. The lowest BCUT2D eigenvalue weighted by Crippen LogP contribution is -2.44. The molecule has 0 bridgehead atoms. The van der Waals surface area contributed by atoms with Crippen LogP contribution in [0.25, 0.3) is 6.08 Å². The largest absolute Gasteiger partial charge is 0.468 e. The van der Waals surface area contributed by atoms with Gasteiger partial charge in [-0.15, -0.1) is 0 Å². The number of hydrogen-bond donors (Lipinski definition) is 0. The smallest absolute Gasteiger partial charge is 0.323 e. The number of esters is 2. The lowest BCUT2D eigenvalue weighted by atomic mass is 9.67. The number of fused-ring (bicyclic) bond motifs is 2. The highest BCUT2D eigenvalue weighted by atomic mass is 16.5. The Hall–Kier alpha value is -2.36. The molecule has 1 aromatic rings. The molecule has 2 aliphatic rings. The molecule has 3 rings (SSSR count). The van der Waals surface area contributed by atoms with E-state index in [4.69, 9.17) is 9.47 Å². The maximum Gasteiger partial charge on any atom is 0.323 e. The number of carbonyl (C=O) groups excluding carboxylic acids is 2. The molecule has 0 saturated heterocycles. The van der Waals surface area contributed by atoms with Crippen molar-refractivity contribution in [3.05, 3.63) is 52.1 Å². The van der Waals surface area contributed by atoms with Crippen LogP contribution in [0, 0.1) is 5.41 Å².